The van der Waals surface area contributed by atoms with E-state index in [2.05, 4.69) is 50.4 Å². The van der Waals surface area contributed by atoms with Crippen molar-refractivity contribution in [1.82, 2.24) is 0 Å². The molecule has 1 heteroatoms. The normalized spacial score (nSPS) is 31.8. The highest BCUT2D eigenvalue weighted by Gasteiger charge is 2.37. The summed E-state index contributed by atoms with van der Waals surface area (Å²) in [5, 5.41) is 0. The van der Waals surface area contributed by atoms with E-state index >= 15 is 0 Å². The summed E-state index contributed by atoms with van der Waals surface area (Å²) in [5.41, 5.74) is 4.55. The maximum atomic E-state index is 4.72. The van der Waals surface area contributed by atoms with Gasteiger partial charge in [0.2, 0.25) is 0 Å². The van der Waals surface area contributed by atoms with Crippen LogP contribution in [-0.4, -0.2) is 12.3 Å². The lowest BCUT2D eigenvalue weighted by Gasteiger charge is -2.37. The second kappa shape index (κ2) is 4.14. The number of nitrogens with zero attached hydrogens (tertiary/aromatic N) is 1. The van der Waals surface area contributed by atoms with Gasteiger partial charge in [-0.1, -0.05) is 35.9 Å². The Morgan fingerprint density at radius 3 is 2.59 bits per heavy atom. The van der Waals surface area contributed by atoms with Gasteiger partial charge in [0, 0.05) is 12.1 Å². The van der Waals surface area contributed by atoms with E-state index in [0.717, 1.165) is 6.42 Å². The van der Waals surface area contributed by atoms with E-state index in [1.807, 2.05) is 0 Å². The SMILES string of the molecule is CC1=C(C)C2N=CCC(c3ccccc3)CC12. The number of fused-ring (bicyclic) bond motifs is 1. The van der Waals surface area contributed by atoms with Crippen molar-refractivity contribution in [2.45, 2.75) is 38.6 Å². The summed E-state index contributed by atoms with van der Waals surface area (Å²) in [7, 11) is 0. The Balaban J connectivity index is 1.85. The van der Waals surface area contributed by atoms with Crippen molar-refractivity contribution in [2.75, 3.05) is 0 Å². The van der Waals surface area contributed by atoms with Gasteiger partial charge in [-0.2, -0.15) is 0 Å². The second-order valence-electron chi connectivity index (χ2n) is 5.33. The first-order chi connectivity index (χ1) is 8.27. The summed E-state index contributed by atoms with van der Waals surface area (Å²) in [6, 6.07) is 11.4. The molecule has 3 unspecified atom stereocenters. The van der Waals surface area contributed by atoms with Crippen molar-refractivity contribution in [3.05, 3.63) is 47.0 Å². The van der Waals surface area contributed by atoms with E-state index < -0.39 is 0 Å². The fourth-order valence-corrected chi connectivity index (χ4v) is 3.19. The highest BCUT2D eigenvalue weighted by molar-refractivity contribution is 5.61. The summed E-state index contributed by atoms with van der Waals surface area (Å²) in [6.07, 6.45) is 4.51. The predicted octanol–water partition coefficient (Wildman–Crippen LogP) is 3.97. The lowest BCUT2D eigenvalue weighted by atomic mass is 9.70. The largest absolute Gasteiger partial charge is 0.289 e. The first kappa shape index (κ1) is 10.8. The van der Waals surface area contributed by atoms with Crippen LogP contribution in [0, 0.1) is 5.92 Å². The molecule has 0 spiro atoms. The first-order valence-electron chi connectivity index (χ1n) is 6.51. The first-order valence-corrected chi connectivity index (χ1v) is 6.51. The fraction of sp³-hybridized carbons (Fsp3) is 0.438. The highest BCUT2D eigenvalue weighted by atomic mass is 14.8. The van der Waals surface area contributed by atoms with Gasteiger partial charge in [-0.3, -0.25) is 4.99 Å². The number of aliphatic imine (C=N–C) groups is 1. The Morgan fingerprint density at radius 2 is 1.82 bits per heavy atom. The minimum atomic E-state index is 0.490. The molecule has 1 nitrogen and oxygen atoms in total. The third-order valence-electron chi connectivity index (χ3n) is 4.47. The van der Waals surface area contributed by atoms with E-state index in [1.165, 1.54) is 17.6 Å². The van der Waals surface area contributed by atoms with Crippen LogP contribution in [0.25, 0.3) is 0 Å². The predicted molar refractivity (Wildman–Crippen MR) is 72.6 cm³/mol. The molecule has 0 saturated heterocycles. The maximum absolute atomic E-state index is 4.72. The van der Waals surface area contributed by atoms with Crippen LogP contribution in [0.3, 0.4) is 0 Å². The number of rotatable bonds is 1. The Hall–Kier alpha value is -1.37. The minimum Gasteiger partial charge on any atom is -0.289 e. The van der Waals surface area contributed by atoms with E-state index in [9.17, 15) is 0 Å². The zero-order chi connectivity index (χ0) is 11.8. The summed E-state index contributed by atoms with van der Waals surface area (Å²) in [4.78, 5) is 4.72. The van der Waals surface area contributed by atoms with Gasteiger partial charge in [-0.25, -0.2) is 0 Å². The molecule has 1 aliphatic carbocycles. The molecule has 0 radical (unpaired) electrons. The molecule has 0 bridgehead atoms. The molecule has 3 rings (SSSR count). The van der Waals surface area contributed by atoms with Gasteiger partial charge >= 0.3 is 0 Å². The van der Waals surface area contributed by atoms with Crippen molar-refractivity contribution < 1.29 is 0 Å². The molecule has 0 amide bonds. The quantitative estimate of drug-likeness (QED) is 0.641. The van der Waals surface area contributed by atoms with E-state index in [1.54, 1.807) is 5.57 Å². The highest BCUT2D eigenvalue weighted by Crippen LogP contribution is 2.44. The zero-order valence-corrected chi connectivity index (χ0v) is 10.6. The van der Waals surface area contributed by atoms with Gasteiger partial charge in [-0.15, -0.1) is 0 Å². The molecular formula is C16H19N. The van der Waals surface area contributed by atoms with Crippen molar-refractivity contribution in [2.24, 2.45) is 10.9 Å². The molecule has 2 aliphatic rings. The topological polar surface area (TPSA) is 12.4 Å². The molecule has 1 aromatic rings. The van der Waals surface area contributed by atoms with Crippen LogP contribution in [0.1, 0.15) is 38.2 Å². The third kappa shape index (κ3) is 1.74. The monoisotopic (exact) mass is 225 g/mol. The Kier molecular flexibility index (Phi) is 2.62. The number of hydrogen-bond acceptors (Lipinski definition) is 1. The van der Waals surface area contributed by atoms with Gasteiger partial charge in [0.1, 0.15) is 0 Å². The molecule has 1 aromatic carbocycles. The smallest absolute Gasteiger partial charge is 0.0770 e. The maximum Gasteiger partial charge on any atom is 0.0770 e. The van der Waals surface area contributed by atoms with Crippen LogP contribution < -0.4 is 0 Å². The molecule has 17 heavy (non-hydrogen) atoms. The molecule has 1 heterocycles. The van der Waals surface area contributed by atoms with Crippen LogP contribution in [-0.2, 0) is 0 Å². The van der Waals surface area contributed by atoms with E-state index in [0.29, 0.717) is 17.9 Å². The number of hydrogen-bond donors (Lipinski definition) is 0. The molecule has 0 N–H and O–H groups in total. The van der Waals surface area contributed by atoms with Gasteiger partial charge in [-0.05, 0) is 43.7 Å². The van der Waals surface area contributed by atoms with Crippen molar-refractivity contribution >= 4 is 6.21 Å². The van der Waals surface area contributed by atoms with Crippen molar-refractivity contribution in [3.8, 4) is 0 Å². The van der Waals surface area contributed by atoms with Crippen LogP contribution >= 0.6 is 0 Å². The average Bonchev–Trinajstić information content (AvgIpc) is 2.59. The zero-order valence-electron chi connectivity index (χ0n) is 10.6. The van der Waals surface area contributed by atoms with Gasteiger partial charge in [0.05, 0.1) is 6.04 Å². The Labute approximate surface area is 103 Å². The Morgan fingerprint density at radius 1 is 1.06 bits per heavy atom. The van der Waals surface area contributed by atoms with Crippen molar-refractivity contribution in [3.63, 3.8) is 0 Å². The van der Waals surface area contributed by atoms with Crippen LogP contribution in [0.2, 0.25) is 0 Å². The van der Waals surface area contributed by atoms with Crippen molar-refractivity contribution in [1.29, 1.82) is 0 Å². The molecule has 0 saturated carbocycles. The molecule has 0 aromatic heterocycles. The average molecular weight is 225 g/mol. The van der Waals surface area contributed by atoms with Crippen LogP contribution in [0.4, 0.5) is 0 Å². The number of benzene rings is 1. The fourth-order valence-electron chi connectivity index (χ4n) is 3.19. The van der Waals surface area contributed by atoms with Gasteiger partial charge in [0.25, 0.3) is 0 Å². The standard InChI is InChI=1S/C16H19N/c1-11-12(2)16-15(11)10-14(8-9-17-16)13-6-4-3-5-7-13/h3-7,9,14-16H,8,10H2,1-2H3. The van der Waals surface area contributed by atoms with Crippen LogP contribution in [0.5, 0.6) is 0 Å². The Bertz CT molecular complexity index is 470. The summed E-state index contributed by atoms with van der Waals surface area (Å²) in [6.45, 7) is 4.51. The van der Waals surface area contributed by atoms with Gasteiger partial charge in [0.15, 0.2) is 0 Å². The molecule has 3 atom stereocenters. The van der Waals surface area contributed by atoms with Gasteiger partial charge < -0.3 is 0 Å². The molecule has 1 aliphatic heterocycles. The van der Waals surface area contributed by atoms with E-state index in [-0.39, 0.29) is 0 Å². The molecule has 0 fully saturated rings. The minimum absolute atomic E-state index is 0.490. The summed E-state index contributed by atoms with van der Waals surface area (Å²) >= 11 is 0. The second-order valence-corrected chi connectivity index (χ2v) is 5.33. The lowest BCUT2D eigenvalue weighted by Crippen LogP contribution is -2.32. The molecular weight excluding hydrogens is 206 g/mol. The summed E-state index contributed by atoms with van der Waals surface area (Å²) < 4.78 is 0. The summed E-state index contributed by atoms with van der Waals surface area (Å²) in [5.74, 6) is 1.34. The third-order valence-corrected chi connectivity index (χ3v) is 4.47. The van der Waals surface area contributed by atoms with Crippen LogP contribution in [0.15, 0.2) is 46.5 Å². The molecule has 88 valence electrons. The lowest BCUT2D eigenvalue weighted by molar-refractivity contribution is 0.408. The van der Waals surface area contributed by atoms with E-state index in [4.69, 9.17) is 4.99 Å².